The lowest BCUT2D eigenvalue weighted by Gasteiger charge is -2.19. The minimum absolute atomic E-state index is 0.0656. The molecule has 0 aliphatic carbocycles. The van der Waals surface area contributed by atoms with Crippen LogP contribution in [0, 0.1) is 6.92 Å². The van der Waals surface area contributed by atoms with E-state index in [1.54, 1.807) is 0 Å². The Kier molecular flexibility index (Phi) is 4.57. The number of benzene rings is 1. The quantitative estimate of drug-likeness (QED) is 0.907. The number of carboxylic acids is 1. The zero-order valence-electron chi connectivity index (χ0n) is 11.7. The predicted molar refractivity (Wildman–Crippen MR) is 77.3 cm³/mol. The Morgan fingerprint density at radius 2 is 2.14 bits per heavy atom. The maximum atomic E-state index is 12.7. The molecule has 6 nitrogen and oxygen atoms in total. The number of hydrogen-bond acceptors (Lipinski definition) is 4. The van der Waals surface area contributed by atoms with Gasteiger partial charge >= 0.3 is 5.97 Å². The lowest BCUT2D eigenvalue weighted by atomic mass is 10.1. The summed E-state index contributed by atoms with van der Waals surface area (Å²) in [5.41, 5.74) is 0.0799. The highest BCUT2D eigenvalue weighted by Crippen LogP contribution is 2.29. The van der Waals surface area contributed by atoms with Crippen LogP contribution in [0.25, 0.3) is 0 Å². The molecule has 0 saturated carbocycles. The van der Waals surface area contributed by atoms with Gasteiger partial charge in [-0.05, 0) is 31.0 Å². The van der Waals surface area contributed by atoms with Gasteiger partial charge in [0.25, 0.3) is 0 Å². The fraction of sp³-hybridized carbons (Fsp3) is 0.462. The average molecular weight is 334 g/mol. The van der Waals surface area contributed by atoms with Gasteiger partial charge in [0.1, 0.15) is 0 Å². The number of nitrogens with zero attached hydrogens (tertiary/aromatic N) is 1. The van der Waals surface area contributed by atoms with Crippen LogP contribution in [-0.4, -0.2) is 50.1 Å². The minimum Gasteiger partial charge on any atom is -0.478 e. The van der Waals surface area contributed by atoms with Crippen LogP contribution in [0.5, 0.6) is 0 Å². The van der Waals surface area contributed by atoms with Crippen molar-refractivity contribution in [2.24, 2.45) is 0 Å². The van der Waals surface area contributed by atoms with E-state index in [0.29, 0.717) is 13.0 Å². The summed E-state index contributed by atoms with van der Waals surface area (Å²) >= 11 is 5.86. The van der Waals surface area contributed by atoms with E-state index in [0.717, 1.165) is 0 Å². The molecule has 1 fully saturated rings. The van der Waals surface area contributed by atoms with E-state index in [2.05, 4.69) is 0 Å². The lowest BCUT2D eigenvalue weighted by Crippen LogP contribution is -2.31. The highest BCUT2D eigenvalue weighted by Gasteiger charge is 2.34. The van der Waals surface area contributed by atoms with Crippen molar-refractivity contribution in [3.8, 4) is 0 Å². The molecule has 21 heavy (non-hydrogen) atoms. The summed E-state index contributed by atoms with van der Waals surface area (Å²) in [6.07, 6.45) is 0.472. The Morgan fingerprint density at radius 3 is 2.67 bits per heavy atom. The largest absolute Gasteiger partial charge is 0.478 e. The van der Waals surface area contributed by atoms with E-state index in [4.69, 9.17) is 21.4 Å². The van der Waals surface area contributed by atoms with Crippen molar-refractivity contribution in [1.82, 2.24) is 4.31 Å². The fourth-order valence-corrected chi connectivity index (χ4v) is 4.43. The van der Waals surface area contributed by atoms with E-state index < -0.39 is 16.0 Å². The normalized spacial score (nSPS) is 19.9. The molecular weight excluding hydrogens is 318 g/mol. The molecule has 1 aliphatic rings. The van der Waals surface area contributed by atoms with Gasteiger partial charge in [-0.25, -0.2) is 13.2 Å². The van der Waals surface area contributed by atoms with Crippen molar-refractivity contribution >= 4 is 27.6 Å². The third kappa shape index (κ3) is 3.06. The highest BCUT2D eigenvalue weighted by molar-refractivity contribution is 7.89. The molecule has 1 saturated heterocycles. The highest BCUT2D eigenvalue weighted by atomic mass is 35.5. The molecule has 0 radical (unpaired) electrons. The van der Waals surface area contributed by atoms with Crippen LogP contribution in [0.15, 0.2) is 17.0 Å². The standard InChI is InChI=1S/C13H16ClNO5S/c1-8-11(13(16)17)5-9(14)6-12(8)21(18,19)15-4-3-10(7-15)20-2/h5-6,10H,3-4,7H2,1-2H3,(H,16,17). The topological polar surface area (TPSA) is 83.9 Å². The van der Waals surface area contributed by atoms with Crippen LogP contribution >= 0.6 is 11.6 Å². The summed E-state index contributed by atoms with van der Waals surface area (Å²) in [6.45, 7) is 2.07. The van der Waals surface area contributed by atoms with Crippen molar-refractivity contribution in [1.29, 1.82) is 0 Å². The Labute approximate surface area is 128 Å². The molecule has 1 heterocycles. The zero-order valence-corrected chi connectivity index (χ0v) is 13.2. The first-order valence-electron chi connectivity index (χ1n) is 6.33. The second-order valence-electron chi connectivity index (χ2n) is 4.89. The van der Waals surface area contributed by atoms with E-state index in [-0.39, 0.29) is 33.7 Å². The first kappa shape index (κ1) is 16.2. The van der Waals surface area contributed by atoms with Gasteiger partial charge in [-0.3, -0.25) is 0 Å². The number of halogens is 1. The molecule has 0 bridgehead atoms. The predicted octanol–water partition coefficient (Wildman–Crippen LogP) is 1.76. The summed E-state index contributed by atoms with van der Waals surface area (Å²) in [7, 11) is -2.25. The number of hydrogen-bond donors (Lipinski definition) is 1. The molecule has 1 aromatic rings. The molecule has 1 aliphatic heterocycles. The Balaban J connectivity index is 2.48. The van der Waals surface area contributed by atoms with Crippen LogP contribution in [0.2, 0.25) is 5.02 Å². The molecule has 2 rings (SSSR count). The zero-order chi connectivity index (χ0) is 15.8. The van der Waals surface area contributed by atoms with Crippen LogP contribution in [0.4, 0.5) is 0 Å². The number of methoxy groups -OCH3 is 1. The van der Waals surface area contributed by atoms with Gasteiger partial charge in [0.15, 0.2) is 0 Å². The molecule has 1 unspecified atom stereocenters. The van der Waals surface area contributed by atoms with E-state index in [9.17, 15) is 13.2 Å². The van der Waals surface area contributed by atoms with Gasteiger partial charge < -0.3 is 9.84 Å². The second kappa shape index (κ2) is 5.92. The first-order chi connectivity index (χ1) is 9.77. The number of sulfonamides is 1. The monoisotopic (exact) mass is 333 g/mol. The summed E-state index contributed by atoms with van der Waals surface area (Å²) in [6, 6.07) is 2.54. The number of ether oxygens (including phenoxy) is 1. The molecule has 1 atom stereocenters. The summed E-state index contributed by atoms with van der Waals surface area (Å²) in [5, 5.41) is 9.22. The van der Waals surface area contributed by atoms with Crippen molar-refractivity contribution < 1.29 is 23.1 Å². The molecule has 0 spiro atoms. The number of rotatable bonds is 4. The lowest BCUT2D eigenvalue weighted by molar-refractivity contribution is 0.0695. The van der Waals surface area contributed by atoms with Crippen molar-refractivity contribution in [3.63, 3.8) is 0 Å². The van der Waals surface area contributed by atoms with Crippen molar-refractivity contribution in [2.75, 3.05) is 20.2 Å². The van der Waals surface area contributed by atoms with Gasteiger partial charge in [-0.1, -0.05) is 11.6 Å². The van der Waals surface area contributed by atoms with Gasteiger partial charge in [-0.15, -0.1) is 0 Å². The summed E-state index contributed by atoms with van der Waals surface area (Å²) in [5.74, 6) is -1.21. The second-order valence-corrected chi connectivity index (χ2v) is 7.23. The molecular formula is C13H16ClNO5S. The van der Waals surface area contributed by atoms with Gasteiger partial charge in [-0.2, -0.15) is 4.31 Å². The average Bonchev–Trinajstić information content (AvgIpc) is 2.90. The third-order valence-electron chi connectivity index (χ3n) is 3.61. The van der Waals surface area contributed by atoms with Gasteiger partial charge in [0.05, 0.1) is 16.6 Å². The smallest absolute Gasteiger partial charge is 0.336 e. The number of carbonyl (C=O) groups is 1. The summed E-state index contributed by atoms with van der Waals surface area (Å²) < 4.78 is 31.8. The Hall–Kier alpha value is -1.15. The number of carboxylic acid groups (broad SMARTS) is 1. The van der Waals surface area contributed by atoms with E-state index in [1.165, 1.54) is 30.5 Å². The molecule has 8 heteroatoms. The summed E-state index contributed by atoms with van der Waals surface area (Å²) in [4.78, 5) is 11.1. The van der Waals surface area contributed by atoms with E-state index >= 15 is 0 Å². The van der Waals surface area contributed by atoms with Crippen LogP contribution in [0.1, 0.15) is 22.3 Å². The van der Waals surface area contributed by atoms with Crippen LogP contribution < -0.4 is 0 Å². The third-order valence-corrected chi connectivity index (χ3v) is 5.82. The van der Waals surface area contributed by atoms with Crippen LogP contribution in [-0.2, 0) is 14.8 Å². The molecule has 1 aromatic carbocycles. The SMILES string of the molecule is COC1CCN(S(=O)(=O)c2cc(Cl)cc(C(=O)O)c2C)C1. The van der Waals surface area contributed by atoms with Crippen molar-refractivity contribution in [3.05, 3.63) is 28.3 Å². The Morgan fingerprint density at radius 1 is 1.48 bits per heavy atom. The maximum absolute atomic E-state index is 12.7. The molecule has 1 N–H and O–H groups in total. The maximum Gasteiger partial charge on any atom is 0.336 e. The molecule has 0 aromatic heterocycles. The van der Waals surface area contributed by atoms with E-state index in [1.807, 2.05) is 0 Å². The molecule has 116 valence electrons. The molecule has 0 amide bonds. The van der Waals surface area contributed by atoms with Gasteiger partial charge in [0, 0.05) is 25.2 Å². The number of aromatic carboxylic acids is 1. The minimum atomic E-state index is -3.79. The van der Waals surface area contributed by atoms with Crippen molar-refractivity contribution in [2.45, 2.75) is 24.3 Å². The first-order valence-corrected chi connectivity index (χ1v) is 8.15. The van der Waals surface area contributed by atoms with Crippen LogP contribution in [0.3, 0.4) is 0 Å². The Bertz CT molecular complexity index is 673. The van der Waals surface area contributed by atoms with Gasteiger partial charge in [0.2, 0.25) is 10.0 Å². The fourth-order valence-electron chi connectivity index (χ4n) is 2.39.